The average molecular weight is 897 g/mol. The van der Waals surface area contributed by atoms with Crippen LogP contribution in [0.5, 0.6) is 0 Å². The molecule has 0 aromatic heterocycles. The molecule has 1 atom stereocenters. The highest BCUT2D eigenvalue weighted by atomic mass is 16.6. The largest absolute Gasteiger partial charge is 0.462 e. The fourth-order valence-electron chi connectivity index (χ4n) is 7.92. The van der Waals surface area contributed by atoms with Gasteiger partial charge in [-0.2, -0.15) is 0 Å². The molecule has 372 valence electrons. The van der Waals surface area contributed by atoms with Crippen molar-refractivity contribution in [1.29, 1.82) is 0 Å². The number of carbonyl (C=O) groups is 3. The third kappa shape index (κ3) is 50.4. The van der Waals surface area contributed by atoms with E-state index in [4.69, 9.17) is 14.2 Å². The van der Waals surface area contributed by atoms with Crippen LogP contribution in [0, 0.1) is 0 Å². The lowest BCUT2D eigenvalue weighted by atomic mass is 10.0. The van der Waals surface area contributed by atoms with Gasteiger partial charge in [-0.3, -0.25) is 14.4 Å². The number of esters is 3. The van der Waals surface area contributed by atoms with E-state index < -0.39 is 6.10 Å². The number of unbranched alkanes of at least 4 members (excludes halogenated alkanes) is 31. The predicted molar refractivity (Wildman–Crippen MR) is 275 cm³/mol. The van der Waals surface area contributed by atoms with Crippen molar-refractivity contribution in [2.75, 3.05) is 13.2 Å². The highest BCUT2D eigenvalue weighted by molar-refractivity contribution is 5.71. The third-order valence-corrected chi connectivity index (χ3v) is 12.1. The van der Waals surface area contributed by atoms with Crippen molar-refractivity contribution in [3.63, 3.8) is 0 Å². The van der Waals surface area contributed by atoms with Gasteiger partial charge in [0.15, 0.2) is 6.10 Å². The Morgan fingerprint density at radius 1 is 0.328 bits per heavy atom. The molecule has 6 nitrogen and oxygen atoms in total. The predicted octanol–water partition coefficient (Wildman–Crippen LogP) is 18.3. The van der Waals surface area contributed by atoms with Crippen LogP contribution in [0.4, 0.5) is 0 Å². The van der Waals surface area contributed by atoms with Crippen molar-refractivity contribution in [3.8, 4) is 0 Å². The van der Waals surface area contributed by atoms with Gasteiger partial charge in [-0.05, 0) is 77.0 Å². The van der Waals surface area contributed by atoms with Crippen LogP contribution in [-0.2, 0) is 28.6 Å². The molecule has 0 heterocycles. The Labute approximate surface area is 397 Å². The van der Waals surface area contributed by atoms with Crippen LogP contribution in [0.2, 0.25) is 0 Å². The van der Waals surface area contributed by atoms with Crippen LogP contribution in [-0.4, -0.2) is 37.2 Å². The maximum absolute atomic E-state index is 12.8. The summed E-state index contributed by atoms with van der Waals surface area (Å²) in [5.74, 6) is -0.894. The second-order valence-electron chi connectivity index (χ2n) is 18.5. The van der Waals surface area contributed by atoms with E-state index in [-0.39, 0.29) is 31.1 Å². The summed E-state index contributed by atoms with van der Waals surface area (Å²) in [6.45, 7) is 6.53. The van der Waals surface area contributed by atoms with Gasteiger partial charge in [-0.25, -0.2) is 0 Å². The summed E-state index contributed by atoms with van der Waals surface area (Å²) in [5.41, 5.74) is 0. The quantitative estimate of drug-likeness (QED) is 0.0262. The van der Waals surface area contributed by atoms with E-state index in [0.717, 1.165) is 103 Å². The molecule has 0 aliphatic heterocycles. The molecule has 0 N–H and O–H groups in total. The fourth-order valence-corrected chi connectivity index (χ4v) is 7.92. The first-order chi connectivity index (χ1) is 31.5. The molecule has 64 heavy (non-hydrogen) atoms. The van der Waals surface area contributed by atoms with E-state index in [0.29, 0.717) is 19.3 Å². The summed E-state index contributed by atoms with van der Waals surface area (Å²) in [6.07, 6.45) is 63.8. The van der Waals surface area contributed by atoms with E-state index in [2.05, 4.69) is 69.4 Å². The van der Waals surface area contributed by atoms with Crippen molar-refractivity contribution in [2.24, 2.45) is 0 Å². The van der Waals surface area contributed by atoms with E-state index in [1.807, 2.05) is 0 Å². The number of ether oxygens (including phenoxy) is 3. The molecule has 0 fully saturated rings. The first kappa shape index (κ1) is 61.4. The van der Waals surface area contributed by atoms with E-state index in [9.17, 15) is 14.4 Å². The molecule has 0 amide bonds. The van der Waals surface area contributed by atoms with Gasteiger partial charge in [0.1, 0.15) is 13.2 Å². The Morgan fingerprint density at radius 2 is 0.609 bits per heavy atom. The minimum Gasteiger partial charge on any atom is -0.462 e. The van der Waals surface area contributed by atoms with Crippen LogP contribution in [0.15, 0.2) is 48.6 Å². The monoisotopic (exact) mass is 897 g/mol. The molecule has 0 aliphatic rings. The Balaban J connectivity index is 4.37. The zero-order valence-corrected chi connectivity index (χ0v) is 42.6. The normalized spacial score (nSPS) is 12.4. The number of hydrogen-bond donors (Lipinski definition) is 0. The van der Waals surface area contributed by atoms with Gasteiger partial charge in [0, 0.05) is 19.3 Å². The summed E-state index contributed by atoms with van der Waals surface area (Å²) >= 11 is 0. The molecule has 0 saturated carbocycles. The summed E-state index contributed by atoms with van der Waals surface area (Å²) in [5, 5.41) is 0. The van der Waals surface area contributed by atoms with E-state index in [1.54, 1.807) is 0 Å². The smallest absolute Gasteiger partial charge is 0.306 e. The topological polar surface area (TPSA) is 78.9 Å². The number of hydrogen-bond acceptors (Lipinski definition) is 6. The lowest BCUT2D eigenvalue weighted by Crippen LogP contribution is -2.30. The second-order valence-corrected chi connectivity index (χ2v) is 18.5. The van der Waals surface area contributed by atoms with Crippen LogP contribution in [0.25, 0.3) is 0 Å². The minimum absolute atomic E-state index is 0.0800. The number of carbonyl (C=O) groups excluding carboxylic acids is 3. The van der Waals surface area contributed by atoms with Gasteiger partial charge in [0.05, 0.1) is 0 Å². The van der Waals surface area contributed by atoms with Gasteiger partial charge in [-0.15, -0.1) is 0 Å². The van der Waals surface area contributed by atoms with Crippen LogP contribution >= 0.6 is 0 Å². The fraction of sp³-hybridized carbons (Fsp3) is 0.810. The molecular weight excluding hydrogens is 793 g/mol. The molecule has 0 aliphatic carbocycles. The summed E-state index contributed by atoms with van der Waals surface area (Å²) in [4.78, 5) is 38.1. The summed E-state index contributed by atoms with van der Waals surface area (Å²) < 4.78 is 16.8. The van der Waals surface area contributed by atoms with Crippen LogP contribution < -0.4 is 0 Å². The highest BCUT2D eigenvalue weighted by Crippen LogP contribution is 2.16. The van der Waals surface area contributed by atoms with Crippen molar-refractivity contribution in [1.82, 2.24) is 0 Å². The molecule has 0 radical (unpaired) electrons. The Kier molecular flexibility index (Phi) is 50.8. The van der Waals surface area contributed by atoms with Gasteiger partial charge in [0.2, 0.25) is 0 Å². The lowest BCUT2D eigenvalue weighted by molar-refractivity contribution is -0.167. The first-order valence-electron chi connectivity index (χ1n) is 27.6. The third-order valence-electron chi connectivity index (χ3n) is 12.1. The molecular formula is C58H104O6. The molecule has 0 unspecified atom stereocenters. The number of rotatable bonds is 50. The first-order valence-corrected chi connectivity index (χ1v) is 27.6. The van der Waals surface area contributed by atoms with Gasteiger partial charge in [-0.1, -0.05) is 236 Å². The Hall–Kier alpha value is -2.63. The Morgan fingerprint density at radius 3 is 0.969 bits per heavy atom. The maximum Gasteiger partial charge on any atom is 0.306 e. The Bertz CT molecular complexity index is 1120. The molecule has 0 bridgehead atoms. The van der Waals surface area contributed by atoms with Crippen molar-refractivity contribution in [2.45, 2.75) is 290 Å². The zero-order valence-electron chi connectivity index (χ0n) is 42.6. The maximum atomic E-state index is 12.8. The lowest BCUT2D eigenvalue weighted by Gasteiger charge is -2.18. The van der Waals surface area contributed by atoms with Gasteiger partial charge >= 0.3 is 17.9 Å². The molecule has 0 saturated heterocycles. The molecule has 0 rings (SSSR count). The summed E-state index contributed by atoms with van der Waals surface area (Å²) in [7, 11) is 0. The average Bonchev–Trinajstić information content (AvgIpc) is 3.29. The standard InChI is InChI=1S/C58H104O6/c1-4-7-10-13-16-19-22-25-28-29-31-33-36-39-42-45-48-51-57(60)63-54-55(53-62-56(59)50-47-44-41-38-35-32-27-24-21-18-15-12-9-6-3)64-58(61)52-49-46-43-40-37-34-30-26-23-20-17-14-11-8-5-2/h8,11,17,20,24,26-27,30,55H,4-7,9-10,12-16,18-19,21-23,25,28-29,31-54H2,1-3H3/b11-8-,20-17-,27-24-,30-26-/t55-/m1/s1. The molecule has 6 heteroatoms. The molecule has 0 spiro atoms. The molecule has 0 aromatic carbocycles. The van der Waals surface area contributed by atoms with Crippen molar-refractivity contribution < 1.29 is 28.6 Å². The second kappa shape index (κ2) is 53.0. The van der Waals surface area contributed by atoms with Crippen molar-refractivity contribution >= 4 is 17.9 Å². The minimum atomic E-state index is -0.783. The highest BCUT2D eigenvalue weighted by Gasteiger charge is 2.19. The molecule has 0 aromatic rings. The zero-order chi connectivity index (χ0) is 46.5. The van der Waals surface area contributed by atoms with Gasteiger partial charge < -0.3 is 14.2 Å². The van der Waals surface area contributed by atoms with E-state index >= 15 is 0 Å². The number of allylic oxidation sites excluding steroid dienone is 8. The SMILES string of the molecule is CC/C=C\C/C=C\C/C=C\CCCCCCCC(=O)O[C@H](COC(=O)CCCCCCC/C=C\CCCCCCC)COC(=O)CCCCCCCCCCCCCCCCCCC. The van der Waals surface area contributed by atoms with Crippen LogP contribution in [0.1, 0.15) is 284 Å². The van der Waals surface area contributed by atoms with E-state index in [1.165, 1.54) is 141 Å². The van der Waals surface area contributed by atoms with Gasteiger partial charge in [0.25, 0.3) is 0 Å². The van der Waals surface area contributed by atoms with Crippen molar-refractivity contribution in [3.05, 3.63) is 48.6 Å². The summed E-state index contributed by atoms with van der Waals surface area (Å²) in [6, 6.07) is 0. The van der Waals surface area contributed by atoms with Crippen LogP contribution in [0.3, 0.4) is 0 Å².